The molecule has 0 saturated heterocycles. The van der Waals surface area contributed by atoms with Crippen molar-refractivity contribution in [2.75, 3.05) is 0 Å². The number of hydrogen-bond acceptors (Lipinski definition) is 3. The Morgan fingerprint density at radius 2 is 1.83 bits per heavy atom. The molecule has 0 unspecified atom stereocenters. The van der Waals surface area contributed by atoms with Crippen molar-refractivity contribution in [1.82, 2.24) is 0 Å². The van der Waals surface area contributed by atoms with Crippen molar-refractivity contribution in [2.24, 2.45) is 5.92 Å². The van der Waals surface area contributed by atoms with E-state index in [0.717, 1.165) is 0 Å². The van der Waals surface area contributed by atoms with Gasteiger partial charge < -0.3 is 4.52 Å². The van der Waals surface area contributed by atoms with Crippen LogP contribution in [0.4, 0.5) is 0 Å². The number of rotatable bonds is 4. The zero-order valence-electron chi connectivity index (χ0n) is 7.06. The van der Waals surface area contributed by atoms with E-state index in [4.69, 9.17) is 9.79 Å². The molecular weight excluding hydrogens is 183 g/mol. The highest BCUT2D eigenvalue weighted by Crippen LogP contribution is 2.37. The predicted molar refractivity (Wildman–Crippen MR) is 42.2 cm³/mol. The monoisotopic (exact) mass is 196 g/mol. The van der Waals surface area contributed by atoms with E-state index >= 15 is 0 Å². The smallest absolute Gasteiger partial charge is 0.370 e. The average molecular weight is 196 g/mol. The second kappa shape index (κ2) is 4.60. The van der Waals surface area contributed by atoms with Crippen molar-refractivity contribution in [3.8, 4) is 0 Å². The van der Waals surface area contributed by atoms with E-state index in [9.17, 15) is 9.36 Å². The Labute approximate surface area is 71.0 Å². The van der Waals surface area contributed by atoms with Crippen LogP contribution >= 0.6 is 7.82 Å². The van der Waals surface area contributed by atoms with Crippen molar-refractivity contribution in [3.05, 3.63) is 0 Å². The Kier molecular flexibility index (Phi) is 4.45. The lowest BCUT2D eigenvalue weighted by Crippen LogP contribution is -2.14. The minimum absolute atomic E-state index is 0.419. The van der Waals surface area contributed by atoms with Gasteiger partial charge in [-0.3, -0.25) is 14.6 Å². The summed E-state index contributed by atoms with van der Waals surface area (Å²) in [7, 11) is -4.65. The molecule has 12 heavy (non-hydrogen) atoms. The molecule has 0 aromatic heterocycles. The maximum atomic E-state index is 10.9. The van der Waals surface area contributed by atoms with Gasteiger partial charge in [0.15, 0.2) is 0 Å². The molecule has 0 spiro atoms. The second-order valence-corrected chi connectivity index (χ2v) is 3.58. The van der Waals surface area contributed by atoms with Gasteiger partial charge in [-0.1, -0.05) is 13.8 Å². The molecule has 0 atom stereocenters. The Balaban J connectivity index is 4.11. The molecule has 0 radical (unpaired) electrons. The van der Waals surface area contributed by atoms with Crippen molar-refractivity contribution >= 4 is 13.8 Å². The van der Waals surface area contributed by atoms with Crippen LogP contribution in [0.5, 0.6) is 0 Å². The molecule has 0 bridgehead atoms. The van der Waals surface area contributed by atoms with Gasteiger partial charge in [-0.15, -0.1) is 0 Å². The minimum atomic E-state index is -4.65. The molecule has 2 N–H and O–H groups in total. The van der Waals surface area contributed by atoms with Gasteiger partial charge in [0.05, 0.1) is 5.92 Å². The maximum absolute atomic E-state index is 10.9. The fourth-order valence-corrected chi connectivity index (χ4v) is 1.20. The van der Waals surface area contributed by atoms with Crippen LogP contribution in [-0.4, -0.2) is 15.8 Å². The SMILES string of the molecule is CCC(CC)C(=O)OP(=O)(O)O. The first-order valence-electron chi connectivity index (χ1n) is 3.69. The number of hydrogen-bond donors (Lipinski definition) is 2. The Hall–Kier alpha value is -0.380. The van der Waals surface area contributed by atoms with Gasteiger partial charge in [-0.2, -0.15) is 0 Å². The number of carbonyl (C=O) groups is 1. The largest absolute Gasteiger partial charge is 0.526 e. The fourth-order valence-electron chi connectivity index (χ4n) is 0.814. The molecule has 0 saturated carbocycles. The first-order valence-corrected chi connectivity index (χ1v) is 5.22. The Bertz CT molecular complexity index is 192. The molecule has 0 fully saturated rings. The quantitative estimate of drug-likeness (QED) is 0.656. The van der Waals surface area contributed by atoms with E-state index < -0.39 is 19.7 Å². The van der Waals surface area contributed by atoms with Gasteiger partial charge in [0.1, 0.15) is 0 Å². The van der Waals surface area contributed by atoms with E-state index in [1.54, 1.807) is 13.8 Å². The summed E-state index contributed by atoms with van der Waals surface area (Å²) in [5.41, 5.74) is 0. The van der Waals surface area contributed by atoms with Crippen LogP contribution in [0, 0.1) is 5.92 Å². The molecule has 0 rings (SSSR count). The van der Waals surface area contributed by atoms with E-state index in [1.165, 1.54) is 0 Å². The third-order valence-electron chi connectivity index (χ3n) is 1.53. The van der Waals surface area contributed by atoms with Crippen molar-refractivity contribution in [1.29, 1.82) is 0 Å². The van der Waals surface area contributed by atoms with Crippen LogP contribution in [0.15, 0.2) is 0 Å². The second-order valence-electron chi connectivity index (χ2n) is 2.41. The average Bonchev–Trinajstić information content (AvgIpc) is 1.85. The maximum Gasteiger partial charge on any atom is 0.526 e. The van der Waals surface area contributed by atoms with Gasteiger partial charge in [0.25, 0.3) is 0 Å². The number of phosphoric acid groups is 1. The van der Waals surface area contributed by atoms with Crippen LogP contribution in [0.1, 0.15) is 26.7 Å². The van der Waals surface area contributed by atoms with Crippen molar-refractivity contribution < 1.29 is 23.7 Å². The highest BCUT2D eigenvalue weighted by Gasteiger charge is 2.25. The van der Waals surface area contributed by atoms with Gasteiger partial charge in [0, 0.05) is 0 Å². The van der Waals surface area contributed by atoms with E-state index in [2.05, 4.69) is 4.52 Å². The summed E-state index contributed by atoms with van der Waals surface area (Å²) in [5.74, 6) is -1.24. The normalized spacial score (nSPS) is 11.8. The zero-order chi connectivity index (χ0) is 9.78. The van der Waals surface area contributed by atoms with Crippen LogP contribution in [0.2, 0.25) is 0 Å². The van der Waals surface area contributed by atoms with Crippen LogP contribution in [0.3, 0.4) is 0 Å². The van der Waals surface area contributed by atoms with Gasteiger partial charge in [0.2, 0.25) is 0 Å². The molecule has 0 aromatic carbocycles. The lowest BCUT2D eigenvalue weighted by Gasteiger charge is -2.11. The Morgan fingerprint density at radius 3 is 2.08 bits per heavy atom. The minimum Gasteiger partial charge on any atom is -0.370 e. The summed E-state index contributed by atoms with van der Waals surface area (Å²) in [6, 6.07) is 0. The molecule has 0 aliphatic rings. The summed E-state index contributed by atoms with van der Waals surface area (Å²) >= 11 is 0. The third-order valence-corrected chi connectivity index (χ3v) is 1.95. The highest BCUT2D eigenvalue weighted by molar-refractivity contribution is 7.46. The summed E-state index contributed by atoms with van der Waals surface area (Å²) < 4.78 is 14.1. The Morgan fingerprint density at radius 1 is 1.42 bits per heavy atom. The standard InChI is InChI=1S/C6H13O5P/c1-3-5(4-2)6(7)11-12(8,9)10/h5H,3-4H2,1-2H3,(H2,8,9,10). The molecule has 0 aliphatic heterocycles. The van der Waals surface area contributed by atoms with Crippen LogP contribution in [-0.2, 0) is 13.9 Å². The molecular formula is C6H13O5P. The molecule has 5 nitrogen and oxygen atoms in total. The van der Waals surface area contributed by atoms with Crippen LogP contribution in [0.25, 0.3) is 0 Å². The summed E-state index contributed by atoms with van der Waals surface area (Å²) in [5, 5.41) is 0. The summed E-state index contributed by atoms with van der Waals surface area (Å²) in [6.07, 6.45) is 1.05. The van der Waals surface area contributed by atoms with E-state index in [-0.39, 0.29) is 0 Å². The van der Waals surface area contributed by atoms with Gasteiger partial charge in [-0.05, 0) is 12.8 Å². The molecule has 6 heteroatoms. The van der Waals surface area contributed by atoms with Crippen molar-refractivity contribution in [3.63, 3.8) is 0 Å². The zero-order valence-corrected chi connectivity index (χ0v) is 7.95. The van der Waals surface area contributed by atoms with Gasteiger partial charge >= 0.3 is 13.8 Å². The van der Waals surface area contributed by atoms with Crippen molar-refractivity contribution in [2.45, 2.75) is 26.7 Å². The van der Waals surface area contributed by atoms with E-state index in [1.807, 2.05) is 0 Å². The summed E-state index contributed by atoms with van der Waals surface area (Å²) in [4.78, 5) is 27.5. The number of carbonyl (C=O) groups excluding carboxylic acids is 1. The molecule has 0 amide bonds. The third kappa shape index (κ3) is 4.49. The lowest BCUT2D eigenvalue weighted by atomic mass is 10.0. The summed E-state index contributed by atoms with van der Waals surface area (Å²) in [6.45, 7) is 3.52. The molecule has 72 valence electrons. The molecule has 0 aromatic rings. The fraction of sp³-hybridized carbons (Fsp3) is 0.833. The first-order chi connectivity index (χ1) is 5.40. The predicted octanol–water partition coefficient (Wildman–Crippen LogP) is 1.06. The molecule has 0 aliphatic carbocycles. The lowest BCUT2D eigenvalue weighted by molar-refractivity contribution is -0.140. The van der Waals surface area contributed by atoms with E-state index in [0.29, 0.717) is 12.8 Å². The topological polar surface area (TPSA) is 83.8 Å². The first kappa shape index (κ1) is 11.6. The highest BCUT2D eigenvalue weighted by atomic mass is 31.2. The van der Waals surface area contributed by atoms with Crippen LogP contribution < -0.4 is 0 Å². The molecule has 0 heterocycles. The number of phosphoric ester groups is 1. The van der Waals surface area contributed by atoms with Gasteiger partial charge in [-0.25, -0.2) is 4.57 Å².